The molecule has 2 bridgehead atoms. The van der Waals surface area contributed by atoms with E-state index in [1.807, 2.05) is 26.8 Å². The lowest BCUT2D eigenvalue weighted by Crippen LogP contribution is -2.59. The number of ether oxygens (including phenoxy) is 2. The van der Waals surface area contributed by atoms with E-state index in [0.717, 1.165) is 38.5 Å². The minimum Gasteiger partial charge on any atom is -0.465 e. The van der Waals surface area contributed by atoms with E-state index in [1.54, 1.807) is 15.9 Å². The van der Waals surface area contributed by atoms with Crippen molar-refractivity contribution in [2.24, 2.45) is 17.8 Å². The fraction of sp³-hybridized carbons (Fsp3) is 0.781. The van der Waals surface area contributed by atoms with E-state index < -0.39 is 41.1 Å². The number of amides is 2. The van der Waals surface area contributed by atoms with Crippen molar-refractivity contribution >= 4 is 17.8 Å². The van der Waals surface area contributed by atoms with Crippen LogP contribution in [0.3, 0.4) is 0 Å². The number of allylic oxidation sites excluding steroid dienone is 1. The summed E-state index contributed by atoms with van der Waals surface area (Å²) in [5.41, 5.74) is -1.95. The molecule has 0 aromatic carbocycles. The van der Waals surface area contributed by atoms with Gasteiger partial charge < -0.3 is 24.4 Å². The van der Waals surface area contributed by atoms with E-state index in [0.29, 0.717) is 38.8 Å². The number of hydrogen-bond acceptors (Lipinski definition) is 6. The molecule has 3 heterocycles. The first-order chi connectivity index (χ1) is 19.2. The maximum Gasteiger partial charge on any atom is 0.312 e. The smallest absolute Gasteiger partial charge is 0.312 e. The molecule has 226 valence electrons. The summed E-state index contributed by atoms with van der Waals surface area (Å²) in [4.78, 5) is 45.9. The predicted molar refractivity (Wildman–Crippen MR) is 155 cm³/mol. The zero-order valence-corrected chi connectivity index (χ0v) is 25.2. The molecule has 1 spiro atoms. The van der Waals surface area contributed by atoms with Crippen LogP contribution in [0.5, 0.6) is 0 Å². The molecule has 0 saturated carbocycles. The Balaban J connectivity index is 2.03. The second-order valence-corrected chi connectivity index (χ2v) is 12.3. The van der Waals surface area contributed by atoms with Crippen molar-refractivity contribution in [3.63, 3.8) is 0 Å². The number of aliphatic hydroxyl groups excluding tert-OH is 1. The number of aliphatic hydroxyl groups is 1. The number of carbonyl (C=O) groups is 3. The normalized spacial score (nSPS) is 29.5. The highest BCUT2D eigenvalue weighted by Gasteiger charge is 2.79. The van der Waals surface area contributed by atoms with Gasteiger partial charge in [0, 0.05) is 13.1 Å². The van der Waals surface area contributed by atoms with Gasteiger partial charge in [0.15, 0.2) is 0 Å². The summed E-state index contributed by atoms with van der Waals surface area (Å²) in [6.45, 7) is 16.7. The Morgan fingerprint density at radius 3 is 2.52 bits per heavy atom. The summed E-state index contributed by atoms with van der Waals surface area (Å²) >= 11 is 0. The molecule has 0 aliphatic carbocycles. The summed E-state index contributed by atoms with van der Waals surface area (Å²) in [7, 11) is 0. The molecule has 40 heavy (non-hydrogen) atoms. The molecular formula is C32H52N2O6. The number of esters is 1. The number of likely N-dealkylation sites (tertiary alicyclic amines) is 1. The van der Waals surface area contributed by atoms with Crippen LogP contribution in [0.15, 0.2) is 25.3 Å². The third-order valence-corrected chi connectivity index (χ3v) is 9.19. The van der Waals surface area contributed by atoms with Gasteiger partial charge in [-0.25, -0.2) is 0 Å². The Labute approximate surface area is 241 Å². The molecule has 3 fully saturated rings. The van der Waals surface area contributed by atoms with Crippen LogP contribution < -0.4 is 0 Å². The Bertz CT molecular complexity index is 921. The van der Waals surface area contributed by atoms with Gasteiger partial charge in [0.05, 0.1) is 30.8 Å². The summed E-state index contributed by atoms with van der Waals surface area (Å²) in [5, 5.41) is 10.5. The van der Waals surface area contributed by atoms with E-state index >= 15 is 0 Å². The van der Waals surface area contributed by atoms with Crippen LogP contribution in [0.25, 0.3) is 0 Å². The van der Waals surface area contributed by atoms with Gasteiger partial charge in [-0.2, -0.15) is 0 Å². The molecule has 0 aromatic rings. The molecule has 6 atom stereocenters. The average Bonchev–Trinajstić information content (AvgIpc) is 3.54. The van der Waals surface area contributed by atoms with Gasteiger partial charge in [-0.05, 0) is 57.3 Å². The number of unbranched alkanes of at least 4 members (excludes halogenated alkanes) is 4. The van der Waals surface area contributed by atoms with Crippen LogP contribution in [-0.2, 0) is 23.9 Å². The van der Waals surface area contributed by atoms with Gasteiger partial charge in [0.25, 0.3) is 0 Å². The second-order valence-electron chi connectivity index (χ2n) is 12.3. The zero-order valence-electron chi connectivity index (χ0n) is 25.2. The molecular weight excluding hydrogens is 508 g/mol. The molecule has 3 aliphatic rings. The third kappa shape index (κ3) is 6.03. The quantitative estimate of drug-likeness (QED) is 0.149. The summed E-state index contributed by atoms with van der Waals surface area (Å²) in [6.07, 6.45) is 11.1. The number of carbonyl (C=O) groups excluding carboxylic acids is 3. The minimum absolute atomic E-state index is 0.181. The number of nitrogens with zero attached hydrogens (tertiary/aromatic N) is 2. The molecule has 0 aromatic heterocycles. The van der Waals surface area contributed by atoms with E-state index in [9.17, 15) is 19.5 Å². The molecule has 0 radical (unpaired) electrons. The van der Waals surface area contributed by atoms with Crippen LogP contribution in [0.4, 0.5) is 0 Å². The Morgan fingerprint density at radius 1 is 1.18 bits per heavy atom. The molecule has 2 unspecified atom stereocenters. The van der Waals surface area contributed by atoms with E-state index in [-0.39, 0.29) is 30.9 Å². The minimum atomic E-state index is -1.12. The first-order valence-electron chi connectivity index (χ1n) is 15.5. The highest BCUT2D eigenvalue weighted by Crippen LogP contribution is 2.65. The average molecular weight is 561 g/mol. The fourth-order valence-corrected chi connectivity index (χ4v) is 7.33. The largest absolute Gasteiger partial charge is 0.465 e. The van der Waals surface area contributed by atoms with E-state index in [2.05, 4.69) is 20.1 Å². The molecule has 8 heteroatoms. The molecule has 2 amide bonds. The summed E-state index contributed by atoms with van der Waals surface area (Å²) in [6, 6.07) is -1.44. The standard InChI is InChI=1S/C32H52N2O6/c1-7-11-13-15-20-39-30(38)26-25-28(36)34(24(22-35)21-23(5)6)27(32(25)17-16-31(26,10-4)40-32)29(37)33(18-9-3)19-14-12-8-2/h7,9,23-27,35H,1,3,8,10-22H2,2,4-6H3/t24-,25+,26+,27?,31-,32?/m1/s1. The van der Waals surface area contributed by atoms with Crippen molar-refractivity contribution in [1.29, 1.82) is 0 Å². The highest BCUT2D eigenvalue weighted by molar-refractivity contribution is 5.98. The Kier molecular flexibility index (Phi) is 11.4. The third-order valence-electron chi connectivity index (χ3n) is 9.19. The van der Waals surface area contributed by atoms with Crippen molar-refractivity contribution in [1.82, 2.24) is 9.80 Å². The molecule has 1 N–H and O–H groups in total. The Morgan fingerprint density at radius 2 is 1.93 bits per heavy atom. The number of hydrogen-bond donors (Lipinski definition) is 1. The van der Waals surface area contributed by atoms with Crippen LogP contribution >= 0.6 is 0 Å². The van der Waals surface area contributed by atoms with Gasteiger partial charge in [0.1, 0.15) is 17.6 Å². The maximum atomic E-state index is 14.5. The topological polar surface area (TPSA) is 96.4 Å². The van der Waals surface area contributed by atoms with Crippen LogP contribution in [-0.4, -0.2) is 82.3 Å². The van der Waals surface area contributed by atoms with Gasteiger partial charge >= 0.3 is 5.97 Å². The van der Waals surface area contributed by atoms with Crippen molar-refractivity contribution in [3.05, 3.63) is 25.3 Å². The highest BCUT2D eigenvalue weighted by atomic mass is 16.6. The lowest BCUT2D eigenvalue weighted by molar-refractivity contribution is -0.164. The van der Waals surface area contributed by atoms with Crippen molar-refractivity contribution < 1.29 is 29.0 Å². The first-order valence-corrected chi connectivity index (χ1v) is 15.5. The molecule has 8 nitrogen and oxygen atoms in total. The van der Waals surface area contributed by atoms with Crippen LogP contribution in [0.1, 0.15) is 91.9 Å². The summed E-state index contributed by atoms with van der Waals surface area (Å²) in [5.74, 6) is -2.25. The van der Waals surface area contributed by atoms with Gasteiger partial charge in [-0.15, -0.1) is 13.2 Å². The predicted octanol–water partition coefficient (Wildman–Crippen LogP) is 4.65. The zero-order chi connectivity index (χ0) is 29.5. The van der Waals surface area contributed by atoms with E-state index in [4.69, 9.17) is 9.47 Å². The molecule has 3 rings (SSSR count). The SMILES string of the molecule is C=CCCCCOC(=O)[C@@H]1[C@H]2C(=O)N([C@@H](CO)CC(C)C)C(C(=O)N(CC=C)CCCCC)C23CC[C@@]1(CC)O3. The van der Waals surface area contributed by atoms with Crippen molar-refractivity contribution in [3.8, 4) is 0 Å². The monoisotopic (exact) mass is 560 g/mol. The lowest BCUT2D eigenvalue weighted by atomic mass is 9.65. The van der Waals surface area contributed by atoms with E-state index in [1.165, 1.54) is 0 Å². The van der Waals surface area contributed by atoms with Gasteiger partial charge in [-0.1, -0.05) is 52.7 Å². The number of rotatable bonds is 18. The molecule has 3 saturated heterocycles. The lowest BCUT2D eigenvalue weighted by Gasteiger charge is -2.40. The Hall–Kier alpha value is -2.19. The van der Waals surface area contributed by atoms with Crippen LogP contribution in [0, 0.1) is 17.8 Å². The van der Waals surface area contributed by atoms with Gasteiger partial charge in [-0.3, -0.25) is 14.4 Å². The molecule has 3 aliphatic heterocycles. The maximum absolute atomic E-state index is 14.5. The van der Waals surface area contributed by atoms with Crippen molar-refractivity contribution in [2.45, 2.75) is 115 Å². The second kappa shape index (κ2) is 14.1. The van der Waals surface area contributed by atoms with Crippen LogP contribution in [0.2, 0.25) is 0 Å². The number of fused-ring (bicyclic) bond motifs is 1. The first kappa shape index (κ1) is 32.3. The van der Waals surface area contributed by atoms with Gasteiger partial charge in [0.2, 0.25) is 11.8 Å². The van der Waals surface area contributed by atoms with Crippen molar-refractivity contribution in [2.75, 3.05) is 26.3 Å². The summed E-state index contributed by atoms with van der Waals surface area (Å²) < 4.78 is 12.6. The fourth-order valence-electron chi connectivity index (χ4n) is 7.33.